The summed E-state index contributed by atoms with van der Waals surface area (Å²) in [5.74, 6) is 0. The van der Waals surface area contributed by atoms with Crippen molar-refractivity contribution in [3.63, 3.8) is 0 Å². The number of nitrogens with zero attached hydrogens (tertiary/aromatic N) is 2. The number of aliphatic hydroxyl groups is 1. The third-order valence-electron chi connectivity index (χ3n) is 1.80. The van der Waals surface area contributed by atoms with E-state index >= 15 is 0 Å². The van der Waals surface area contributed by atoms with Crippen molar-refractivity contribution in [2.24, 2.45) is 0 Å². The van der Waals surface area contributed by atoms with Gasteiger partial charge in [-0.25, -0.2) is 0 Å². The van der Waals surface area contributed by atoms with Crippen LogP contribution in [0.25, 0.3) is 5.53 Å². The Hall–Kier alpha value is -0.437. The van der Waals surface area contributed by atoms with Crippen LogP contribution in [-0.4, -0.2) is 29.3 Å². The van der Waals surface area contributed by atoms with Crippen molar-refractivity contribution in [2.75, 3.05) is 18.5 Å². The molecule has 0 fully saturated rings. The van der Waals surface area contributed by atoms with Crippen LogP contribution in [0.15, 0.2) is 24.3 Å². The topological polar surface area (TPSA) is 68.7 Å². The molecule has 7 heteroatoms. The zero-order chi connectivity index (χ0) is 10.2. The van der Waals surface area contributed by atoms with Gasteiger partial charge in [-0.2, -0.15) is 4.79 Å². The molecule has 0 radical (unpaired) electrons. The first kappa shape index (κ1) is 21.8. The summed E-state index contributed by atoms with van der Waals surface area (Å²) in [6.45, 7) is 0.677. The number of aliphatic hydroxyl groups excluding tert-OH is 1. The van der Waals surface area contributed by atoms with Gasteiger partial charge in [-0.15, -0.1) is 0 Å². The van der Waals surface area contributed by atoms with Gasteiger partial charge in [-0.05, 0) is 17.7 Å². The van der Waals surface area contributed by atoms with E-state index in [1.807, 2.05) is 24.3 Å². The Morgan fingerprint density at radius 1 is 1.24 bits per heavy atom. The third kappa shape index (κ3) is 9.28. The Kier molecular flexibility index (Phi) is 17.5. The van der Waals surface area contributed by atoms with Crippen LogP contribution in [-0.2, 0) is 25.9 Å². The van der Waals surface area contributed by atoms with E-state index in [2.05, 4.69) is 10.1 Å². The molecule has 0 atom stereocenters. The van der Waals surface area contributed by atoms with Crippen molar-refractivity contribution in [3.8, 4) is 0 Å². The molecule has 0 aliphatic rings. The molecule has 0 heterocycles. The minimum Gasteiger partial charge on any atom is -1.00 e. The zero-order valence-corrected chi connectivity index (χ0v) is 13.8. The summed E-state index contributed by atoms with van der Waals surface area (Å²) in [5.41, 5.74) is 10.3. The van der Waals surface area contributed by atoms with E-state index in [1.54, 1.807) is 0 Å². The van der Waals surface area contributed by atoms with Gasteiger partial charge in [0.1, 0.15) is 0 Å². The van der Waals surface area contributed by atoms with Gasteiger partial charge in [-0.1, -0.05) is 12.1 Å². The van der Waals surface area contributed by atoms with Gasteiger partial charge >= 0.3 is 19.5 Å². The monoisotopic (exact) mass is 325 g/mol. The summed E-state index contributed by atoms with van der Waals surface area (Å²) in [4.78, 5) is 2.93. The van der Waals surface area contributed by atoms with E-state index in [-0.39, 0.29) is 50.9 Å². The molecule has 1 rings (SSSR count). The molecule has 0 saturated carbocycles. The number of hydrogen-bond donors (Lipinski definition) is 2. The molecule has 0 unspecified atom stereocenters. The van der Waals surface area contributed by atoms with E-state index in [9.17, 15) is 0 Å². The maximum atomic E-state index is 8.59. The minimum absolute atomic E-state index is 0. The van der Waals surface area contributed by atoms with E-state index in [0.717, 1.165) is 11.3 Å². The SMILES string of the molecule is [Cl-].[Cl-].[N-]=[N+]=CCc1ccc(NCCO)cc1.[Zn+2]. The fourth-order valence-corrected chi connectivity index (χ4v) is 1.11. The van der Waals surface area contributed by atoms with Crippen molar-refractivity contribution < 1.29 is 54.2 Å². The second kappa shape index (κ2) is 13.6. The van der Waals surface area contributed by atoms with Crippen LogP contribution in [0.2, 0.25) is 0 Å². The fourth-order valence-electron chi connectivity index (χ4n) is 1.11. The summed E-state index contributed by atoms with van der Waals surface area (Å²) in [6, 6.07) is 7.75. The number of halogens is 2. The molecule has 0 aromatic heterocycles. The Morgan fingerprint density at radius 2 is 1.82 bits per heavy atom. The largest absolute Gasteiger partial charge is 2.00 e. The van der Waals surface area contributed by atoms with Gasteiger partial charge < -0.3 is 40.8 Å². The van der Waals surface area contributed by atoms with Crippen LogP contribution < -0.4 is 30.1 Å². The van der Waals surface area contributed by atoms with Crippen molar-refractivity contribution in [1.82, 2.24) is 0 Å². The normalized spacial score (nSPS) is 7.59. The first-order valence-electron chi connectivity index (χ1n) is 4.46. The Morgan fingerprint density at radius 3 is 2.29 bits per heavy atom. The van der Waals surface area contributed by atoms with Gasteiger partial charge in [0.15, 0.2) is 0 Å². The fraction of sp³-hybridized carbons (Fsp3) is 0.300. The molecular weight excluding hydrogens is 314 g/mol. The van der Waals surface area contributed by atoms with Gasteiger partial charge in [0.25, 0.3) is 6.21 Å². The van der Waals surface area contributed by atoms with Crippen molar-refractivity contribution in [1.29, 1.82) is 0 Å². The van der Waals surface area contributed by atoms with Gasteiger partial charge in [0.05, 0.1) is 13.0 Å². The number of nitrogens with one attached hydrogen (secondary N) is 1. The van der Waals surface area contributed by atoms with Gasteiger partial charge in [0.2, 0.25) is 0 Å². The van der Waals surface area contributed by atoms with Crippen LogP contribution in [0.5, 0.6) is 0 Å². The zero-order valence-electron chi connectivity index (χ0n) is 9.31. The summed E-state index contributed by atoms with van der Waals surface area (Å²) in [7, 11) is 0. The molecule has 4 nitrogen and oxygen atoms in total. The van der Waals surface area contributed by atoms with Crippen LogP contribution in [0.1, 0.15) is 5.56 Å². The molecule has 0 aliphatic heterocycles. The Labute approximate surface area is 126 Å². The summed E-state index contributed by atoms with van der Waals surface area (Å²) >= 11 is 0. The maximum Gasteiger partial charge on any atom is 2.00 e. The van der Waals surface area contributed by atoms with Crippen LogP contribution in [0.3, 0.4) is 0 Å². The van der Waals surface area contributed by atoms with E-state index in [4.69, 9.17) is 10.6 Å². The molecule has 17 heavy (non-hydrogen) atoms. The molecule has 90 valence electrons. The van der Waals surface area contributed by atoms with E-state index in [0.29, 0.717) is 13.0 Å². The molecule has 0 aliphatic carbocycles. The average molecular weight is 328 g/mol. The van der Waals surface area contributed by atoms with Crippen LogP contribution in [0, 0.1) is 0 Å². The van der Waals surface area contributed by atoms with Gasteiger partial charge in [-0.3, -0.25) is 0 Å². The van der Waals surface area contributed by atoms with Gasteiger partial charge in [0, 0.05) is 12.2 Å². The summed E-state index contributed by atoms with van der Waals surface area (Å²) in [5, 5.41) is 11.6. The molecule has 1 aromatic rings. The molecular formula is C10H13Cl2N3OZn. The molecule has 0 saturated heterocycles. The quantitative estimate of drug-likeness (QED) is 0.246. The van der Waals surface area contributed by atoms with Crippen molar-refractivity contribution in [2.45, 2.75) is 6.42 Å². The summed E-state index contributed by atoms with van der Waals surface area (Å²) in [6.07, 6.45) is 2.06. The van der Waals surface area contributed by atoms with E-state index in [1.165, 1.54) is 6.21 Å². The standard InChI is InChI=1S/C10H13N3O.2ClH.Zn/c11-13-6-5-9-1-3-10(4-2-9)12-7-8-14;;;/h1-4,6,12,14H,5,7-8H2;2*1H;/q;;;+2/p-2. The number of hydrogen-bond acceptors (Lipinski definition) is 2. The molecule has 2 N–H and O–H groups in total. The maximum absolute atomic E-state index is 8.59. The van der Waals surface area contributed by atoms with Crippen LogP contribution >= 0.6 is 0 Å². The number of rotatable bonds is 5. The molecule has 1 aromatic carbocycles. The molecule has 0 spiro atoms. The Balaban J connectivity index is -0.000000653. The first-order chi connectivity index (χ1) is 6.86. The van der Waals surface area contributed by atoms with Crippen molar-refractivity contribution in [3.05, 3.63) is 35.4 Å². The van der Waals surface area contributed by atoms with Crippen LogP contribution in [0.4, 0.5) is 5.69 Å². The smallest absolute Gasteiger partial charge is 1.00 e. The second-order valence-electron chi connectivity index (χ2n) is 2.85. The number of anilines is 1. The average Bonchev–Trinajstić information content (AvgIpc) is 2.25. The Bertz CT molecular complexity index is 329. The first-order valence-corrected chi connectivity index (χ1v) is 4.46. The molecule has 0 amide bonds. The van der Waals surface area contributed by atoms with Crippen molar-refractivity contribution >= 4 is 11.9 Å². The van der Waals surface area contributed by atoms with E-state index < -0.39 is 0 Å². The minimum atomic E-state index is 0. The molecule has 0 bridgehead atoms. The third-order valence-corrected chi connectivity index (χ3v) is 1.80. The predicted molar refractivity (Wildman–Crippen MR) is 55.4 cm³/mol. The number of benzene rings is 1. The second-order valence-corrected chi connectivity index (χ2v) is 2.85. The predicted octanol–water partition coefficient (Wildman–Crippen LogP) is -5.06. The summed E-state index contributed by atoms with van der Waals surface area (Å²) < 4.78 is 0.